The largest absolute Gasteiger partial charge is 0.497 e. The van der Waals surface area contributed by atoms with Crippen molar-refractivity contribution < 1.29 is 19.0 Å². The molecule has 0 bridgehead atoms. The summed E-state index contributed by atoms with van der Waals surface area (Å²) in [6, 6.07) is 13.6. The van der Waals surface area contributed by atoms with Crippen LogP contribution in [0.4, 0.5) is 5.69 Å². The molecule has 2 aliphatic heterocycles. The molecule has 1 amide bonds. The van der Waals surface area contributed by atoms with Gasteiger partial charge in [0.2, 0.25) is 0 Å². The Labute approximate surface area is 171 Å². The second-order valence-corrected chi connectivity index (χ2v) is 8.22. The van der Waals surface area contributed by atoms with Crippen molar-refractivity contribution in [1.82, 2.24) is 4.90 Å². The van der Waals surface area contributed by atoms with Crippen LogP contribution in [0.15, 0.2) is 42.5 Å². The molecule has 29 heavy (non-hydrogen) atoms. The second kappa shape index (κ2) is 7.17. The zero-order valence-corrected chi connectivity index (χ0v) is 16.7. The van der Waals surface area contributed by atoms with Crippen LogP contribution in [0, 0.1) is 5.41 Å². The minimum Gasteiger partial charge on any atom is -0.497 e. The van der Waals surface area contributed by atoms with Crippen LogP contribution in [-0.4, -0.2) is 57.3 Å². The summed E-state index contributed by atoms with van der Waals surface area (Å²) in [7, 11) is 1.67. The minimum absolute atomic E-state index is 0.0520. The van der Waals surface area contributed by atoms with Crippen LogP contribution in [0.5, 0.6) is 17.2 Å². The summed E-state index contributed by atoms with van der Waals surface area (Å²) in [4.78, 5) is 17.2. The fourth-order valence-corrected chi connectivity index (χ4v) is 3.99. The Morgan fingerprint density at radius 3 is 2.28 bits per heavy atom. The minimum atomic E-state index is 0.0520. The molecule has 0 unspecified atom stereocenters. The molecule has 152 valence electrons. The zero-order chi connectivity index (χ0) is 19.8. The van der Waals surface area contributed by atoms with Gasteiger partial charge in [-0.05, 0) is 55.3 Å². The van der Waals surface area contributed by atoms with Crippen molar-refractivity contribution in [2.24, 2.45) is 5.41 Å². The maximum atomic E-state index is 13.0. The number of rotatable bonds is 3. The molecule has 2 heterocycles. The van der Waals surface area contributed by atoms with Gasteiger partial charge in [-0.3, -0.25) is 4.79 Å². The third-order valence-corrected chi connectivity index (χ3v) is 6.22. The summed E-state index contributed by atoms with van der Waals surface area (Å²) in [6.45, 7) is 4.40. The van der Waals surface area contributed by atoms with Crippen molar-refractivity contribution in [3.05, 3.63) is 48.0 Å². The summed E-state index contributed by atoms with van der Waals surface area (Å²) in [5.74, 6) is 2.34. The molecule has 1 saturated heterocycles. The quantitative estimate of drug-likeness (QED) is 0.800. The van der Waals surface area contributed by atoms with Crippen molar-refractivity contribution in [3.8, 4) is 17.2 Å². The fraction of sp³-hybridized carbons (Fsp3) is 0.435. The predicted molar refractivity (Wildman–Crippen MR) is 110 cm³/mol. The van der Waals surface area contributed by atoms with E-state index in [1.807, 2.05) is 35.2 Å². The molecule has 0 N–H and O–H groups in total. The number of hydrogen-bond acceptors (Lipinski definition) is 5. The van der Waals surface area contributed by atoms with E-state index < -0.39 is 0 Å². The second-order valence-electron chi connectivity index (χ2n) is 8.22. The van der Waals surface area contributed by atoms with E-state index in [-0.39, 0.29) is 11.3 Å². The molecule has 1 spiro atoms. The highest BCUT2D eigenvalue weighted by Crippen LogP contribution is 2.49. The average Bonchev–Trinajstić information content (AvgIpc) is 3.59. The van der Waals surface area contributed by atoms with Crippen LogP contribution in [0.25, 0.3) is 0 Å². The van der Waals surface area contributed by atoms with Gasteiger partial charge in [-0.1, -0.05) is 0 Å². The molecule has 2 aromatic rings. The normalized spacial score (nSPS) is 19.6. The molecule has 2 fully saturated rings. The van der Waals surface area contributed by atoms with Gasteiger partial charge >= 0.3 is 0 Å². The number of ether oxygens (including phenoxy) is 3. The first-order valence-electron chi connectivity index (χ1n) is 10.2. The number of methoxy groups -OCH3 is 1. The summed E-state index contributed by atoms with van der Waals surface area (Å²) in [5, 5.41) is 0. The lowest BCUT2D eigenvalue weighted by Gasteiger charge is -2.36. The molecule has 0 radical (unpaired) electrons. The van der Waals surface area contributed by atoms with Crippen molar-refractivity contribution in [2.45, 2.75) is 12.8 Å². The van der Waals surface area contributed by atoms with Gasteiger partial charge in [0.15, 0.2) is 11.5 Å². The number of carbonyl (C=O) groups is 1. The van der Waals surface area contributed by atoms with Crippen molar-refractivity contribution >= 4 is 11.6 Å². The number of fused-ring (bicyclic) bond motifs is 1. The summed E-state index contributed by atoms with van der Waals surface area (Å²) < 4.78 is 17.1. The van der Waals surface area contributed by atoms with E-state index in [0.717, 1.165) is 43.1 Å². The molecule has 1 saturated carbocycles. The highest BCUT2D eigenvalue weighted by atomic mass is 16.5. The maximum Gasteiger partial charge on any atom is 0.254 e. The Morgan fingerprint density at radius 2 is 1.62 bits per heavy atom. The summed E-state index contributed by atoms with van der Waals surface area (Å²) >= 11 is 0. The molecule has 1 aliphatic carbocycles. The molecule has 6 heteroatoms. The Morgan fingerprint density at radius 1 is 0.931 bits per heavy atom. The number of nitrogens with zero attached hydrogens (tertiary/aromatic N) is 2. The monoisotopic (exact) mass is 394 g/mol. The van der Waals surface area contributed by atoms with Crippen molar-refractivity contribution in [2.75, 3.05) is 51.4 Å². The third kappa shape index (κ3) is 3.59. The molecule has 0 atom stereocenters. The topological polar surface area (TPSA) is 51.2 Å². The number of piperazine rings is 1. The SMILES string of the molecule is COc1ccc(N2CCN(C(=O)c3ccc4c(c3)OCC3(CC3)CO4)CC2)cc1. The number of anilines is 1. The van der Waals surface area contributed by atoms with Gasteiger partial charge in [0, 0.05) is 42.8 Å². The molecule has 0 aromatic heterocycles. The van der Waals surface area contributed by atoms with Gasteiger partial charge in [0.25, 0.3) is 5.91 Å². The standard InChI is InChI=1S/C23H26N2O4/c1-27-19-5-3-18(4-6-19)24-10-12-25(13-11-24)22(26)17-2-7-20-21(14-17)29-16-23(8-9-23)15-28-20/h2-7,14H,8-13,15-16H2,1H3. The maximum absolute atomic E-state index is 13.0. The van der Waals surface area contributed by atoms with Crippen LogP contribution in [0.1, 0.15) is 23.2 Å². The average molecular weight is 394 g/mol. The van der Waals surface area contributed by atoms with Crippen molar-refractivity contribution in [1.29, 1.82) is 0 Å². The van der Waals surface area contributed by atoms with E-state index in [4.69, 9.17) is 14.2 Å². The van der Waals surface area contributed by atoms with Crippen LogP contribution in [0.3, 0.4) is 0 Å². The van der Waals surface area contributed by atoms with Gasteiger partial charge < -0.3 is 24.0 Å². The smallest absolute Gasteiger partial charge is 0.254 e. The van der Waals surface area contributed by atoms with Crippen LogP contribution < -0.4 is 19.1 Å². The molecule has 2 aromatic carbocycles. The van der Waals surface area contributed by atoms with E-state index in [0.29, 0.717) is 37.6 Å². The number of carbonyl (C=O) groups excluding carboxylic acids is 1. The zero-order valence-electron chi connectivity index (χ0n) is 16.7. The summed E-state index contributed by atoms with van der Waals surface area (Å²) in [5.41, 5.74) is 2.01. The number of benzene rings is 2. The van der Waals surface area contributed by atoms with E-state index in [2.05, 4.69) is 17.0 Å². The van der Waals surface area contributed by atoms with Gasteiger partial charge in [0.1, 0.15) is 5.75 Å². The van der Waals surface area contributed by atoms with Crippen molar-refractivity contribution in [3.63, 3.8) is 0 Å². The van der Waals surface area contributed by atoms with Gasteiger partial charge in [-0.25, -0.2) is 0 Å². The highest BCUT2D eigenvalue weighted by molar-refractivity contribution is 5.95. The van der Waals surface area contributed by atoms with Gasteiger partial charge in [0.05, 0.1) is 20.3 Å². The van der Waals surface area contributed by atoms with E-state index in [1.54, 1.807) is 7.11 Å². The number of amides is 1. The Hall–Kier alpha value is -2.89. The molecular formula is C23H26N2O4. The predicted octanol–water partition coefficient (Wildman–Crippen LogP) is 3.21. The molecule has 3 aliphatic rings. The fourth-order valence-electron chi connectivity index (χ4n) is 3.99. The molecule has 5 rings (SSSR count). The highest BCUT2D eigenvalue weighted by Gasteiger charge is 2.46. The lowest BCUT2D eigenvalue weighted by atomic mass is 10.1. The first-order chi connectivity index (χ1) is 14.2. The molecular weight excluding hydrogens is 368 g/mol. The van der Waals surface area contributed by atoms with Crippen LogP contribution in [0.2, 0.25) is 0 Å². The first kappa shape index (κ1) is 18.2. The number of hydrogen-bond donors (Lipinski definition) is 0. The van der Waals surface area contributed by atoms with Crippen LogP contribution >= 0.6 is 0 Å². The van der Waals surface area contributed by atoms with E-state index >= 15 is 0 Å². The van der Waals surface area contributed by atoms with E-state index in [9.17, 15) is 4.79 Å². The summed E-state index contributed by atoms with van der Waals surface area (Å²) in [6.07, 6.45) is 2.32. The third-order valence-electron chi connectivity index (χ3n) is 6.22. The lowest BCUT2D eigenvalue weighted by molar-refractivity contribution is 0.0746. The Balaban J connectivity index is 1.23. The Kier molecular flexibility index (Phi) is 4.49. The van der Waals surface area contributed by atoms with Gasteiger partial charge in [-0.15, -0.1) is 0 Å². The van der Waals surface area contributed by atoms with Crippen LogP contribution in [-0.2, 0) is 0 Å². The van der Waals surface area contributed by atoms with E-state index in [1.165, 1.54) is 0 Å². The van der Waals surface area contributed by atoms with Gasteiger partial charge in [-0.2, -0.15) is 0 Å². The molecule has 6 nitrogen and oxygen atoms in total. The Bertz CT molecular complexity index is 900. The lowest BCUT2D eigenvalue weighted by Crippen LogP contribution is -2.48. The first-order valence-corrected chi connectivity index (χ1v) is 10.2.